The van der Waals surface area contributed by atoms with Crippen LogP contribution in [0.15, 0.2) is 24.3 Å². The maximum Gasteiger partial charge on any atom is 0.219 e. The number of amides is 1. The molecule has 2 aliphatic heterocycles. The van der Waals surface area contributed by atoms with Gasteiger partial charge < -0.3 is 14.7 Å². The molecule has 5 heteroatoms. The summed E-state index contributed by atoms with van der Waals surface area (Å²) < 4.78 is 5.71. The van der Waals surface area contributed by atoms with Crippen molar-refractivity contribution in [2.45, 2.75) is 57.7 Å². The minimum atomic E-state index is -0.519. The molecule has 1 amide bonds. The van der Waals surface area contributed by atoms with E-state index < -0.39 is 6.10 Å². The second-order valence-electron chi connectivity index (χ2n) is 7.40. The fourth-order valence-corrected chi connectivity index (χ4v) is 4.25. The number of carbonyl (C=O) groups is 1. The summed E-state index contributed by atoms with van der Waals surface area (Å²) in [4.78, 5) is 16.2. The summed E-state index contributed by atoms with van der Waals surface area (Å²) in [6, 6.07) is 8.57. The summed E-state index contributed by atoms with van der Waals surface area (Å²) in [5.74, 6) is 0.971. The van der Waals surface area contributed by atoms with Crippen LogP contribution in [0, 0.1) is 6.92 Å². The Balaban J connectivity index is 1.52. The SMILES string of the molecule is CC(=O)N1CCC[C@@H]1[C@@H]1CCCN1C[C@@H](O)COc1ccc(C)cc1. The monoisotopic (exact) mass is 346 g/mol. The third-order valence-corrected chi connectivity index (χ3v) is 5.47. The van der Waals surface area contributed by atoms with Gasteiger partial charge in [-0.25, -0.2) is 0 Å². The van der Waals surface area contributed by atoms with Crippen LogP contribution in [-0.2, 0) is 4.79 Å². The molecule has 2 heterocycles. The van der Waals surface area contributed by atoms with E-state index in [0.717, 1.165) is 44.5 Å². The Morgan fingerprint density at radius 2 is 1.88 bits per heavy atom. The topological polar surface area (TPSA) is 53.0 Å². The fraction of sp³-hybridized carbons (Fsp3) is 0.650. The van der Waals surface area contributed by atoms with Crippen molar-refractivity contribution in [3.05, 3.63) is 29.8 Å². The van der Waals surface area contributed by atoms with Crippen LogP contribution in [0.2, 0.25) is 0 Å². The number of hydrogen-bond acceptors (Lipinski definition) is 4. The van der Waals surface area contributed by atoms with Crippen LogP contribution < -0.4 is 4.74 Å². The molecule has 0 saturated carbocycles. The maximum absolute atomic E-state index is 11.9. The number of hydrogen-bond donors (Lipinski definition) is 1. The number of carbonyl (C=O) groups excluding carboxylic acids is 1. The summed E-state index contributed by atoms with van der Waals surface area (Å²) in [7, 11) is 0. The molecule has 0 aromatic heterocycles. The van der Waals surface area contributed by atoms with Gasteiger partial charge in [-0.05, 0) is 51.3 Å². The smallest absolute Gasteiger partial charge is 0.219 e. The van der Waals surface area contributed by atoms with Gasteiger partial charge in [0, 0.05) is 32.1 Å². The molecule has 3 atom stereocenters. The van der Waals surface area contributed by atoms with Crippen LogP contribution in [0.25, 0.3) is 0 Å². The zero-order valence-electron chi connectivity index (χ0n) is 15.4. The van der Waals surface area contributed by atoms with Gasteiger partial charge in [-0.2, -0.15) is 0 Å². The molecule has 0 spiro atoms. The number of likely N-dealkylation sites (tertiary alicyclic amines) is 2. The molecule has 2 fully saturated rings. The van der Waals surface area contributed by atoms with Gasteiger partial charge in [-0.3, -0.25) is 9.69 Å². The van der Waals surface area contributed by atoms with Crippen LogP contribution in [0.3, 0.4) is 0 Å². The van der Waals surface area contributed by atoms with Crippen LogP contribution in [0.5, 0.6) is 5.75 Å². The first-order valence-corrected chi connectivity index (χ1v) is 9.43. The van der Waals surface area contributed by atoms with E-state index in [2.05, 4.69) is 4.90 Å². The molecule has 138 valence electrons. The Hall–Kier alpha value is -1.59. The zero-order chi connectivity index (χ0) is 17.8. The van der Waals surface area contributed by atoms with Gasteiger partial charge in [-0.15, -0.1) is 0 Å². The summed E-state index contributed by atoms with van der Waals surface area (Å²) in [5.41, 5.74) is 1.19. The molecule has 2 aliphatic rings. The maximum atomic E-state index is 11.9. The van der Waals surface area contributed by atoms with Gasteiger partial charge in [0.05, 0.1) is 0 Å². The predicted molar refractivity (Wildman–Crippen MR) is 97.7 cm³/mol. The molecule has 0 unspecified atom stereocenters. The second kappa shape index (κ2) is 8.19. The van der Waals surface area contributed by atoms with Gasteiger partial charge in [0.2, 0.25) is 5.91 Å². The summed E-state index contributed by atoms with van der Waals surface area (Å²) in [6.45, 7) is 6.49. The first-order valence-electron chi connectivity index (χ1n) is 9.43. The molecule has 2 saturated heterocycles. The van der Waals surface area contributed by atoms with Crippen LogP contribution in [0.4, 0.5) is 0 Å². The normalized spacial score (nSPS) is 25.3. The fourth-order valence-electron chi connectivity index (χ4n) is 4.25. The highest BCUT2D eigenvalue weighted by Crippen LogP contribution is 2.30. The van der Waals surface area contributed by atoms with E-state index in [4.69, 9.17) is 4.74 Å². The molecule has 0 aliphatic carbocycles. The molecule has 5 nitrogen and oxygen atoms in total. The molecule has 1 N–H and O–H groups in total. The highest BCUT2D eigenvalue weighted by atomic mass is 16.5. The molecule has 3 rings (SSSR count). The number of β-amino-alcohol motifs (C(OH)–C–C–N with tert-alkyl or cyclic N) is 1. The van der Waals surface area contributed by atoms with Gasteiger partial charge in [0.25, 0.3) is 0 Å². The number of benzene rings is 1. The number of aliphatic hydroxyl groups is 1. The van der Waals surface area contributed by atoms with Crippen molar-refractivity contribution in [3.63, 3.8) is 0 Å². The van der Waals surface area contributed by atoms with E-state index in [1.165, 1.54) is 5.56 Å². The Bertz CT molecular complexity index is 575. The lowest BCUT2D eigenvalue weighted by Crippen LogP contribution is -2.49. The van der Waals surface area contributed by atoms with Crippen molar-refractivity contribution in [3.8, 4) is 5.75 Å². The van der Waals surface area contributed by atoms with E-state index in [0.29, 0.717) is 25.2 Å². The van der Waals surface area contributed by atoms with Crippen LogP contribution in [-0.4, -0.2) is 65.2 Å². The lowest BCUT2D eigenvalue weighted by molar-refractivity contribution is -0.130. The molecule has 0 radical (unpaired) electrons. The third kappa shape index (κ3) is 4.53. The van der Waals surface area contributed by atoms with E-state index in [1.807, 2.05) is 36.1 Å². The van der Waals surface area contributed by atoms with Crippen molar-refractivity contribution in [1.82, 2.24) is 9.80 Å². The Morgan fingerprint density at radius 3 is 2.60 bits per heavy atom. The van der Waals surface area contributed by atoms with Gasteiger partial charge in [-0.1, -0.05) is 17.7 Å². The largest absolute Gasteiger partial charge is 0.491 e. The summed E-state index contributed by atoms with van der Waals surface area (Å²) in [5, 5.41) is 10.4. The predicted octanol–water partition coefficient (Wildman–Crippen LogP) is 2.21. The average Bonchev–Trinajstić information content (AvgIpc) is 3.22. The van der Waals surface area contributed by atoms with Crippen molar-refractivity contribution in [2.75, 3.05) is 26.2 Å². The van der Waals surface area contributed by atoms with E-state index >= 15 is 0 Å². The van der Waals surface area contributed by atoms with E-state index in [-0.39, 0.29) is 5.91 Å². The standard InChI is InChI=1S/C20H30N2O3/c1-15-7-9-18(10-8-15)25-14-17(24)13-21-11-3-5-19(21)20-6-4-12-22(20)16(2)23/h7-10,17,19-20,24H,3-6,11-14H2,1-2H3/t17-,19+,20-/m1/s1. The Kier molecular flexibility index (Phi) is 5.97. The van der Waals surface area contributed by atoms with E-state index in [9.17, 15) is 9.90 Å². The molecule has 0 bridgehead atoms. The average molecular weight is 346 g/mol. The Morgan fingerprint density at radius 1 is 1.20 bits per heavy atom. The lowest BCUT2D eigenvalue weighted by atomic mass is 10.0. The van der Waals surface area contributed by atoms with Gasteiger partial charge >= 0.3 is 0 Å². The first kappa shape index (κ1) is 18.2. The second-order valence-corrected chi connectivity index (χ2v) is 7.40. The highest BCUT2D eigenvalue weighted by Gasteiger charge is 2.39. The summed E-state index contributed by atoms with van der Waals surface area (Å²) in [6.07, 6.45) is 3.90. The number of ether oxygens (including phenoxy) is 1. The molecular formula is C20H30N2O3. The highest BCUT2D eigenvalue weighted by molar-refractivity contribution is 5.74. The third-order valence-electron chi connectivity index (χ3n) is 5.47. The minimum absolute atomic E-state index is 0.178. The number of aliphatic hydroxyl groups excluding tert-OH is 1. The number of nitrogens with zero attached hydrogens (tertiary/aromatic N) is 2. The van der Waals surface area contributed by atoms with Gasteiger partial charge in [0.1, 0.15) is 18.5 Å². The first-order chi connectivity index (χ1) is 12.0. The molecule has 1 aromatic rings. The van der Waals surface area contributed by atoms with Crippen molar-refractivity contribution >= 4 is 5.91 Å². The summed E-state index contributed by atoms with van der Waals surface area (Å²) >= 11 is 0. The van der Waals surface area contributed by atoms with E-state index in [1.54, 1.807) is 6.92 Å². The number of aryl methyl sites for hydroxylation is 1. The van der Waals surface area contributed by atoms with Crippen LogP contribution in [0.1, 0.15) is 38.2 Å². The zero-order valence-corrected chi connectivity index (χ0v) is 15.4. The Labute approximate surface area is 150 Å². The lowest BCUT2D eigenvalue weighted by Gasteiger charge is -2.35. The van der Waals surface area contributed by atoms with Crippen molar-refractivity contribution in [2.24, 2.45) is 0 Å². The minimum Gasteiger partial charge on any atom is -0.491 e. The van der Waals surface area contributed by atoms with Crippen LogP contribution >= 0.6 is 0 Å². The number of rotatable bonds is 6. The van der Waals surface area contributed by atoms with Gasteiger partial charge in [0.15, 0.2) is 0 Å². The molecule has 1 aromatic carbocycles. The quantitative estimate of drug-likeness (QED) is 0.858. The molecular weight excluding hydrogens is 316 g/mol. The molecule has 25 heavy (non-hydrogen) atoms. The van der Waals surface area contributed by atoms with Crippen molar-refractivity contribution < 1.29 is 14.6 Å². The van der Waals surface area contributed by atoms with Crippen molar-refractivity contribution in [1.29, 1.82) is 0 Å².